The van der Waals surface area contributed by atoms with Crippen LogP contribution in [-0.4, -0.2) is 43.6 Å². The fraction of sp³-hybridized carbons (Fsp3) is 0.312. The van der Waals surface area contributed by atoms with Gasteiger partial charge in [-0.15, -0.1) is 0 Å². The lowest BCUT2D eigenvalue weighted by molar-refractivity contribution is -0.138. The Morgan fingerprint density at radius 1 is 1.09 bits per heavy atom. The van der Waals surface area contributed by atoms with Crippen LogP contribution in [0.3, 0.4) is 0 Å². The standard InChI is InChI=1S/C16H13F6N3O5S2/c1-3-31(27,28)11-6-9(15(17,18)19)7-23-13(11)14(26)24-12-5-4-10(8-25(12)2)32(29,30)16(20,21)22/h4-8H,3H2,1-2H3. The normalized spacial score (nSPS) is 13.9. The van der Waals surface area contributed by atoms with Crippen molar-refractivity contribution in [2.24, 2.45) is 12.0 Å². The van der Waals surface area contributed by atoms with Gasteiger partial charge in [0, 0.05) is 19.4 Å². The molecule has 0 aliphatic heterocycles. The van der Waals surface area contributed by atoms with Gasteiger partial charge in [0.25, 0.3) is 15.7 Å². The van der Waals surface area contributed by atoms with Gasteiger partial charge in [0.05, 0.1) is 21.1 Å². The second kappa shape index (κ2) is 8.31. The highest BCUT2D eigenvalue weighted by Gasteiger charge is 2.47. The van der Waals surface area contributed by atoms with E-state index in [-0.39, 0.29) is 12.3 Å². The molecular formula is C16H13F6N3O5S2. The molecule has 2 heterocycles. The van der Waals surface area contributed by atoms with Crippen molar-refractivity contribution in [3.63, 3.8) is 0 Å². The Morgan fingerprint density at radius 3 is 2.16 bits per heavy atom. The molecule has 0 aliphatic carbocycles. The monoisotopic (exact) mass is 505 g/mol. The fourth-order valence-corrected chi connectivity index (χ4v) is 4.16. The molecule has 0 saturated carbocycles. The molecule has 0 unspecified atom stereocenters. The highest BCUT2D eigenvalue weighted by atomic mass is 32.2. The Morgan fingerprint density at radius 2 is 1.69 bits per heavy atom. The zero-order valence-corrected chi connectivity index (χ0v) is 17.7. The first-order valence-corrected chi connectivity index (χ1v) is 11.4. The number of sulfone groups is 2. The smallest absolute Gasteiger partial charge is 0.335 e. The number of pyridine rings is 2. The van der Waals surface area contributed by atoms with Crippen molar-refractivity contribution < 1.29 is 48.0 Å². The average Bonchev–Trinajstić information content (AvgIpc) is 2.67. The molecule has 16 heteroatoms. The number of amides is 1. The molecule has 1 amide bonds. The molecule has 2 rings (SSSR count). The maximum absolute atomic E-state index is 12.9. The minimum Gasteiger partial charge on any atom is -0.335 e. The average molecular weight is 505 g/mol. The molecule has 0 N–H and O–H groups in total. The van der Waals surface area contributed by atoms with Crippen LogP contribution in [-0.2, 0) is 32.9 Å². The fourth-order valence-electron chi connectivity index (χ4n) is 2.29. The summed E-state index contributed by atoms with van der Waals surface area (Å²) in [6.45, 7) is 1.13. The molecule has 0 spiro atoms. The summed E-state index contributed by atoms with van der Waals surface area (Å²) >= 11 is 0. The van der Waals surface area contributed by atoms with Crippen molar-refractivity contribution in [2.75, 3.05) is 5.75 Å². The highest BCUT2D eigenvalue weighted by molar-refractivity contribution is 7.92. The molecule has 0 radical (unpaired) electrons. The summed E-state index contributed by atoms with van der Waals surface area (Å²) in [6, 6.07) is 1.47. The molecule has 32 heavy (non-hydrogen) atoms. The number of carbonyl (C=O) groups excluding carboxylic acids is 1. The summed E-state index contributed by atoms with van der Waals surface area (Å²) in [4.78, 5) is 17.0. The molecule has 0 atom stereocenters. The molecule has 0 aromatic carbocycles. The molecule has 0 saturated heterocycles. The minimum absolute atomic E-state index is 0.230. The van der Waals surface area contributed by atoms with Gasteiger partial charge in [-0.1, -0.05) is 6.92 Å². The first-order valence-electron chi connectivity index (χ1n) is 8.29. The Bertz CT molecular complexity index is 1340. The van der Waals surface area contributed by atoms with Gasteiger partial charge in [-0.2, -0.15) is 31.3 Å². The number of hydrogen-bond donors (Lipinski definition) is 0. The van der Waals surface area contributed by atoms with E-state index in [0.29, 0.717) is 12.3 Å². The summed E-state index contributed by atoms with van der Waals surface area (Å²) in [5, 5.41) is 0. The quantitative estimate of drug-likeness (QED) is 0.589. The Labute approximate surface area is 177 Å². The second-order valence-electron chi connectivity index (χ2n) is 6.17. The van der Waals surface area contributed by atoms with Crippen LogP contribution in [0.4, 0.5) is 26.3 Å². The van der Waals surface area contributed by atoms with Gasteiger partial charge in [-0.25, -0.2) is 21.8 Å². The van der Waals surface area contributed by atoms with Crippen LogP contribution >= 0.6 is 0 Å². The highest BCUT2D eigenvalue weighted by Crippen LogP contribution is 2.31. The number of carbonyl (C=O) groups is 1. The van der Waals surface area contributed by atoms with E-state index in [2.05, 4.69) is 9.98 Å². The van der Waals surface area contributed by atoms with Gasteiger partial charge in [0.15, 0.2) is 9.84 Å². The number of hydrogen-bond acceptors (Lipinski definition) is 6. The largest absolute Gasteiger partial charge is 0.501 e. The molecule has 2 aromatic heterocycles. The van der Waals surface area contributed by atoms with Crippen LogP contribution < -0.4 is 5.49 Å². The van der Waals surface area contributed by atoms with Gasteiger partial charge in [-0.05, 0) is 18.2 Å². The van der Waals surface area contributed by atoms with Crippen molar-refractivity contribution in [1.29, 1.82) is 0 Å². The molecule has 0 fully saturated rings. The first kappa shape index (κ1) is 25.5. The van der Waals surface area contributed by atoms with E-state index in [9.17, 15) is 48.0 Å². The third kappa shape index (κ3) is 5.01. The molecule has 8 nitrogen and oxygen atoms in total. The van der Waals surface area contributed by atoms with Crippen molar-refractivity contribution in [2.45, 2.75) is 28.4 Å². The van der Waals surface area contributed by atoms with E-state index in [1.165, 1.54) is 0 Å². The van der Waals surface area contributed by atoms with Gasteiger partial charge in [0.1, 0.15) is 11.2 Å². The number of aryl methyl sites for hydroxylation is 1. The van der Waals surface area contributed by atoms with Crippen molar-refractivity contribution in [1.82, 2.24) is 9.55 Å². The first-order chi connectivity index (χ1) is 14.4. The topological polar surface area (TPSA) is 116 Å². The summed E-state index contributed by atoms with van der Waals surface area (Å²) in [7, 11) is -9.00. The maximum Gasteiger partial charge on any atom is 0.501 e. The SMILES string of the molecule is CCS(=O)(=O)c1cc(C(F)(F)F)cnc1C(=O)N=c1ccc(S(=O)(=O)C(F)(F)F)cn1C. The Balaban J connectivity index is 2.64. The van der Waals surface area contributed by atoms with E-state index >= 15 is 0 Å². The molecule has 0 aliphatic rings. The van der Waals surface area contributed by atoms with Gasteiger partial charge < -0.3 is 4.57 Å². The third-order valence-corrected chi connectivity index (χ3v) is 7.22. The summed E-state index contributed by atoms with van der Waals surface area (Å²) < 4.78 is 125. The number of alkyl halides is 6. The van der Waals surface area contributed by atoms with Crippen molar-refractivity contribution in [3.8, 4) is 0 Å². The van der Waals surface area contributed by atoms with Crippen LogP contribution in [0.2, 0.25) is 0 Å². The van der Waals surface area contributed by atoms with Gasteiger partial charge in [-0.3, -0.25) is 4.79 Å². The predicted octanol–water partition coefficient (Wildman–Crippen LogP) is 2.27. The van der Waals surface area contributed by atoms with E-state index in [4.69, 9.17) is 0 Å². The second-order valence-corrected chi connectivity index (χ2v) is 10.4. The Kier molecular flexibility index (Phi) is 6.62. The molecule has 176 valence electrons. The van der Waals surface area contributed by atoms with Crippen molar-refractivity contribution in [3.05, 3.63) is 47.3 Å². The minimum atomic E-state index is -5.69. The third-order valence-electron chi connectivity index (χ3n) is 4.01. The van der Waals surface area contributed by atoms with Gasteiger partial charge >= 0.3 is 11.7 Å². The molecule has 2 aromatic rings. The maximum atomic E-state index is 12.9. The van der Waals surface area contributed by atoms with E-state index < -0.39 is 69.6 Å². The molecule has 0 bridgehead atoms. The summed E-state index contributed by atoms with van der Waals surface area (Å²) in [5.41, 5.74) is -8.36. The summed E-state index contributed by atoms with van der Waals surface area (Å²) in [6.07, 6.45) is -4.20. The zero-order chi connectivity index (χ0) is 24.7. The lowest BCUT2D eigenvalue weighted by atomic mass is 10.2. The predicted molar refractivity (Wildman–Crippen MR) is 95.5 cm³/mol. The van der Waals surface area contributed by atoms with E-state index in [1.807, 2.05) is 0 Å². The summed E-state index contributed by atoms with van der Waals surface area (Å²) in [5.74, 6) is -2.07. The number of nitrogens with zero attached hydrogens (tertiary/aromatic N) is 3. The Hall–Kier alpha value is -2.75. The number of rotatable bonds is 4. The lowest BCUT2D eigenvalue weighted by Gasteiger charge is -2.11. The van der Waals surface area contributed by atoms with Crippen LogP contribution in [0.25, 0.3) is 0 Å². The number of halogens is 6. The van der Waals surface area contributed by atoms with E-state index in [0.717, 1.165) is 24.6 Å². The van der Waals surface area contributed by atoms with Crippen molar-refractivity contribution >= 4 is 25.6 Å². The van der Waals surface area contributed by atoms with Crippen LogP contribution in [0.5, 0.6) is 0 Å². The van der Waals surface area contributed by atoms with E-state index in [1.54, 1.807) is 0 Å². The van der Waals surface area contributed by atoms with Crippen LogP contribution in [0, 0.1) is 0 Å². The zero-order valence-electron chi connectivity index (χ0n) is 16.1. The number of aromatic nitrogens is 2. The lowest BCUT2D eigenvalue weighted by Crippen LogP contribution is -2.26. The van der Waals surface area contributed by atoms with Crippen LogP contribution in [0.1, 0.15) is 23.0 Å². The molecular weight excluding hydrogens is 492 g/mol. The van der Waals surface area contributed by atoms with Crippen LogP contribution in [0.15, 0.2) is 45.4 Å². The van der Waals surface area contributed by atoms with Gasteiger partial charge in [0.2, 0.25) is 0 Å².